The van der Waals surface area contributed by atoms with Crippen LogP contribution in [0, 0.1) is 20.8 Å². The summed E-state index contributed by atoms with van der Waals surface area (Å²) in [7, 11) is -4.22. The molecule has 0 aromatic heterocycles. The van der Waals surface area contributed by atoms with Gasteiger partial charge in [0.1, 0.15) is 12.6 Å². The maximum absolute atomic E-state index is 14.7. The van der Waals surface area contributed by atoms with Crippen LogP contribution in [0.5, 0.6) is 0 Å². The minimum Gasteiger partial charge on any atom is -0.352 e. The number of hydrogen-bond acceptors (Lipinski definition) is 4. The Hall–Kier alpha value is -4.14. The highest BCUT2D eigenvalue weighted by Gasteiger charge is 2.35. The standard InChI is InChI=1S/C37H42ClN3O4S/c1-6-28(4)39-37(43)35(23-30-14-8-7-9-15-30)40(24-31-16-11-10-13-27(31)3)36(42)25-41(34-18-12-17-33(38)29(34)5)46(44,45)32-21-19-26(2)20-22-32/h7-22,28,35H,6,23-25H2,1-5H3,(H,39,43)/t28-,35+/m1/s1. The van der Waals surface area contributed by atoms with Crippen LogP contribution in [0.3, 0.4) is 0 Å². The summed E-state index contributed by atoms with van der Waals surface area (Å²) in [5, 5.41) is 3.44. The van der Waals surface area contributed by atoms with Crippen LogP contribution in [0.15, 0.2) is 102 Å². The molecule has 2 atom stereocenters. The highest BCUT2D eigenvalue weighted by Crippen LogP contribution is 2.31. The lowest BCUT2D eigenvalue weighted by atomic mass is 10.0. The summed E-state index contributed by atoms with van der Waals surface area (Å²) >= 11 is 6.47. The van der Waals surface area contributed by atoms with Crippen LogP contribution in [0.1, 0.15) is 48.1 Å². The SMILES string of the molecule is CC[C@@H](C)NC(=O)[C@H](Cc1ccccc1)N(Cc1ccccc1C)C(=O)CN(c1cccc(Cl)c1C)S(=O)(=O)c1ccc(C)cc1. The summed E-state index contributed by atoms with van der Waals surface area (Å²) in [5.41, 5.74) is 4.41. The number of nitrogens with zero attached hydrogens (tertiary/aromatic N) is 2. The van der Waals surface area contributed by atoms with Gasteiger partial charge >= 0.3 is 0 Å². The summed E-state index contributed by atoms with van der Waals surface area (Å²) < 4.78 is 29.7. The van der Waals surface area contributed by atoms with Gasteiger partial charge in [-0.3, -0.25) is 13.9 Å². The van der Waals surface area contributed by atoms with Gasteiger partial charge in [-0.25, -0.2) is 8.42 Å². The predicted octanol–water partition coefficient (Wildman–Crippen LogP) is 7.02. The quantitative estimate of drug-likeness (QED) is 0.167. The van der Waals surface area contributed by atoms with Crippen LogP contribution in [0.25, 0.3) is 0 Å². The molecule has 0 fully saturated rings. The molecular weight excluding hydrogens is 618 g/mol. The third kappa shape index (κ3) is 8.36. The molecule has 0 radical (unpaired) electrons. The molecular formula is C37H42ClN3O4S. The number of sulfonamides is 1. The van der Waals surface area contributed by atoms with Crippen LogP contribution >= 0.6 is 11.6 Å². The van der Waals surface area contributed by atoms with Crippen molar-refractivity contribution in [1.82, 2.24) is 10.2 Å². The van der Waals surface area contributed by atoms with Crippen molar-refractivity contribution in [2.75, 3.05) is 10.8 Å². The van der Waals surface area contributed by atoms with Gasteiger partial charge in [0.05, 0.1) is 10.6 Å². The molecule has 9 heteroatoms. The second-order valence-electron chi connectivity index (χ2n) is 11.7. The highest BCUT2D eigenvalue weighted by molar-refractivity contribution is 7.92. The summed E-state index contributed by atoms with van der Waals surface area (Å²) in [6, 6.07) is 27.7. The van der Waals surface area contributed by atoms with Gasteiger partial charge in [-0.1, -0.05) is 96.9 Å². The van der Waals surface area contributed by atoms with Gasteiger partial charge in [0.25, 0.3) is 10.0 Å². The summed E-state index contributed by atoms with van der Waals surface area (Å²) in [5.74, 6) is -0.814. The average Bonchev–Trinajstić information content (AvgIpc) is 3.04. The zero-order chi connectivity index (χ0) is 33.4. The van der Waals surface area contributed by atoms with E-state index in [2.05, 4.69) is 5.32 Å². The molecule has 2 amide bonds. The molecule has 0 saturated heterocycles. The third-order valence-electron chi connectivity index (χ3n) is 8.27. The summed E-state index contributed by atoms with van der Waals surface area (Å²) in [6.45, 7) is 9.03. The fourth-order valence-electron chi connectivity index (χ4n) is 5.18. The number of halogens is 1. The first-order valence-corrected chi connectivity index (χ1v) is 17.3. The highest BCUT2D eigenvalue weighted by atomic mass is 35.5. The Morgan fingerprint density at radius 3 is 2.15 bits per heavy atom. The van der Waals surface area contributed by atoms with Crippen molar-refractivity contribution in [2.24, 2.45) is 0 Å². The second-order valence-corrected chi connectivity index (χ2v) is 13.9. The molecule has 0 unspecified atom stereocenters. The van der Waals surface area contributed by atoms with Crippen LogP contribution in [0.4, 0.5) is 5.69 Å². The van der Waals surface area contributed by atoms with Crippen molar-refractivity contribution < 1.29 is 18.0 Å². The van der Waals surface area contributed by atoms with Crippen molar-refractivity contribution >= 4 is 39.1 Å². The van der Waals surface area contributed by atoms with Gasteiger partial charge in [-0.15, -0.1) is 0 Å². The molecule has 0 saturated carbocycles. The number of aryl methyl sites for hydroxylation is 2. The van der Waals surface area contributed by atoms with Crippen LogP contribution in [-0.4, -0.2) is 43.8 Å². The van der Waals surface area contributed by atoms with Crippen LogP contribution in [-0.2, 0) is 32.6 Å². The average molecular weight is 660 g/mol. The summed E-state index contributed by atoms with van der Waals surface area (Å²) in [6.07, 6.45) is 0.966. The van der Waals surface area contributed by atoms with Crippen molar-refractivity contribution in [3.05, 3.63) is 130 Å². The Bertz CT molecular complexity index is 1760. The van der Waals surface area contributed by atoms with E-state index >= 15 is 0 Å². The first-order chi connectivity index (χ1) is 21.9. The number of carbonyl (C=O) groups is 2. The van der Waals surface area contributed by atoms with Crippen molar-refractivity contribution in [1.29, 1.82) is 0 Å². The molecule has 46 heavy (non-hydrogen) atoms. The maximum Gasteiger partial charge on any atom is 0.264 e. The number of anilines is 1. The molecule has 0 spiro atoms. The molecule has 4 aromatic rings. The molecule has 0 aliphatic rings. The van der Waals surface area contributed by atoms with E-state index in [0.29, 0.717) is 22.7 Å². The molecule has 0 aliphatic heterocycles. The smallest absolute Gasteiger partial charge is 0.264 e. The Balaban J connectivity index is 1.85. The maximum atomic E-state index is 14.7. The lowest BCUT2D eigenvalue weighted by Crippen LogP contribution is -2.54. The van der Waals surface area contributed by atoms with Gasteiger partial charge in [0.15, 0.2) is 0 Å². The Kier molecular flexibility index (Phi) is 11.7. The van der Waals surface area contributed by atoms with Crippen molar-refractivity contribution in [2.45, 2.75) is 71.0 Å². The number of carbonyl (C=O) groups excluding carboxylic acids is 2. The molecule has 4 aromatic carbocycles. The molecule has 7 nitrogen and oxygen atoms in total. The minimum absolute atomic E-state index is 0.0473. The largest absolute Gasteiger partial charge is 0.352 e. The molecule has 0 heterocycles. The first kappa shape index (κ1) is 34.7. The van der Waals surface area contributed by atoms with E-state index in [1.165, 1.54) is 17.0 Å². The summed E-state index contributed by atoms with van der Waals surface area (Å²) in [4.78, 5) is 30.2. The fraction of sp³-hybridized carbons (Fsp3) is 0.297. The molecule has 0 aliphatic carbocycles. The van der Waals surface area contributed by atoms with E-state index < -0.39 is 28.5 Å². The third-order valence-corrected chi connectivity index (χ3v) is 10.5. The topological polar surface area (TPSA) is 86.8 Å². The Morgan fingerprint density at radius 2 is 1.50 bits per heavy atom. The van der Waals surface area contributed by atoms with E-state index in [0.717, 1.165) is 26.6 Å². The van der Waals surface area contributed by atoms with Crippen molar-refractivity contribution in [3.8, 4) is 0 Å². The number of amides is 2. The normalized spacial score (nSPS) is 12.7. The Labute approximate surface area is 278 Å². The number of hydrogen-bond donors (Lipinski definition) is 1. The number of rotatable bonds is 13. The van der Waals surface area contributed by atoms with Gasteiger partial charge in [0.2, 0.25) is 11.8 Å². The van der Waals surface area contributed by atoms with Gasteiger partial charge in [0, 0.05) is 24.0 Å². The zero-order valence-electron chi connectivity index (χ0n) is 27.0. The van der Waals surface area contributed by atoms with E-state index in [9.17, 15) is 18.0 Å². The molecule has 4 rings (SSSR count). The fourth-order valence-corrected chi connectivity index (χ4v) is 6.82. The zero-order valence-corrected chi connectivity index (χ0v) is 28.6. The van der Waals surface area contributed by atoms with Gasteiger partial charge in [-0.2, -0.15) is 0 Å². The minimum atomic E-state index is -4.22. The molecule has 242 valence electrons. The van der Waals surface area contributed by atoms with Gasteiger partial charge < -0.3 is 10.2 Å². The molecule has 0 bridgehead atoms. The van der Waals surface area contributed by atoms with E-state index in [-0.39, 0.29) is 29.8 Å². The van der Waals surface area contributed by atoms with E-state index in [1.807, 2.05) is 82.3 Å². The van der Waals surface area contributed by atoms with E-state index in [1.54, 1.807) is 37.3 Å². The lowest BCUT2D eigenvalue weighted by Gasteiger charge is -2.35. The van der Waals surface area contributed by atoms with Crippen LogP contribution in [0.2, 0.25) is 5.02 Å². The second kappa shape index (κ2) is 15.4. The van der Waals surface area contributed by atoms with Crippen LogP contribution < -0.4 is 9.62 Å². The number of benzene rings is 4. The predicted molar refractivity (Wildman–Crippen MR) is 185 cm³/mol. The van der Waals surface area contributed by atoms with Gasteiger partial charge in [-0.05, 0) is 80.6 Å². The van der Waals surface area contributed by atoms with E-state index in [4.69, 9.17) is 11.6 Å². The lowest BCUT2D eigenvalue weighted by molar-refractivity contribution is -0.140. The number of nitrogens with one attached hydrogen (secondary N) is 1. The Morgan fingerprint density at radius 1 is 0.848 bits per heavy atom. The van der Waals surface area contributed by atoms with Crippen molar-refractivity contribution in [3.63, 3.8) is 0 Å². The monoisotopic (exact) mass is 659 g/mol. The molecule has 1 N–H and O–H groups in total. The first-order valence-electron chi connectivity index (χ1n) is 15.4.